The first-order valence-corrected chi connectivity index (χ1v) is 4.84. The largest absolute Gasteiger partial charge is 0.347 e. The Labute approximate surface area is 86.1 Å². The zero-order valence-electron chi connectivity index (χ0n) is 8.91. The number of likely N-dealkylation sites (N-methyl/N-ethyl adjacent to an activating group) is 1. The van der Waals surface area contributed by atoms with E-state index in [4.69, 9.17) is 6.92 Å². The Morgan fingerprint density at radius 1 is 1.29 bits per heavy atom. The molecule has 72 valence electrons. The van der Waals surface area contributed by atoms with E-state index < -0.39 is 0 Å². The molecule has 0 spiro atoms. The molecule has 1 nitrogen and oxygen atoms in total. The van der Waals surface area contributed by atoms with Crippen LogP contribution in [0.25, 0.3) is 0 Å². The summed E-state index contributed by atoms with van der Waals surface area (Å²) < 4.78 is 0. The average molecular weight is 185 g/mol. The molecule has 0 fully saturated rings. The van der Waals surface area contributed by atoms with Crippen LogP contribution in [-0.4, -0.2) is 7.05 Å². The van der Waals surface area contributed by atoms with Crippen LogP contribution < -0.4 is 4.90 Å². The van der Waals surface area contributed by atoms with Crippen molar-refractivity contribution in [3.05, 3.63) is 48.5 Å². The number of fused-ring (bicyclic) bond motifs is 1. The number of allylic oxidation sites excluding steroid dienone is 2. The van der Waals surface area contributed by atoms with Crippen molar-refractivity contribution in [3.8, 4) is 0 Å². The summed E-state index contributed by atoms with van der Waals surface area (Å²) >= 11 is 0. The van der Waals surface area contributed by atoms with Crippen molar-refractivity contribution in [2.45, 2.75) is 19.3 Å². The third kappa shape index (κ3) is 1.02. The number of anilines is 1. The van der Waals surface area contributed by atoms with Gasteiger partial charge in [-0.2, -0.15) is 0 Å². The predicted octanol–water partition coefficient (Wildman–Crippen LogP) is 3.01. The Kier molecular flexibility index (Phi) is 1.91. The molecule has 2 rings (SSSR count). The van der Waals surface area contributed by atoms with E-state index in [0.717, 1.165) is 0 Å². The lowest BCUT2D eigenvalue weighted by atomic mass is 9.84. The van der Waals surface area contributed by atoms with E-state index in [9.17, 15) is 0 Å². The van der Waals surface area contributed by atoms with E-state index in [1.807, 2.05) is 0 Å². The number of nitrogens with zero attached hydrogens (tertiary/aromatic N) is 1. The van der Waals surface area contributed by atoms with Crippen LogP contribution in [0.5, 0.6) is 0 Å². The Bertz CT molecular complexity index is 388. The van der Waals surface area contributed by atoms with Crippen LogP contribution in [-0.2, 0) is 5.41 Å². The molecule has 0 unspecified atom stereocenters. The Morgan fingerprint density at radius 3 is 2.50 bits per heavy atom. The Morgan fingerprint density at radius 2 is 1.93 bits per heavy atom. The molecule has 0 aromatic heterocycles. The highest BCUT2D eigenvalue weighted by Crippen LogP contribution is 2.46. The first-order chi connectivity index (χ1) is 6.59. The zero-order chi connectivity index (χ0) is 10.3. The fraction of sp³-hybridized carbons (Fsp3) is 0.308. The molecule has 1 aromatic carbocycles. The number of rotatable bonds is 0. The SMILES string of the molecule is [CH]C=C1N(C)c2ccccc2C1(C)C. The van der Waals surface area contributed by atoms with E-state index in [0.29, 0.717) is 0 Å². The number of hydrogen-bond donors (Lipinski definition) is 0. The van der Waals surface area contributed by atoms with Gasteiger partial charge in [0.25, 0.3) is 0 Å². The van der Waals surface area contributed by atoms with Gasteiger partial charge in [-0.1, -0.05) is 38.1 Å². The van der Waals surface area contributed by atoms with Gasteiger partial charge in [0.05, 0.1) is 0 Å². The molecule has 1 heteroatoms. The summed E-state index contributed by atoms with van der Waals surface area (Å²) in [6.07, 6.45) is 1.71. The molecule has 1 aliphatic heterocycles. The first kappa shape index (κ1) is 9.32. The molecule has 0 bridgehead atoms. The van der Waals surface area contributed by atoms with Crippen molar-refractivity contribution in [1.82, 2.24) is 0 Å². The van der Waals surface area contributed by atoms with Crippen molar-refractivity contribution >= 4 is 5.69 Å². The van der Waals surface area contributed by atoms with Crippen LogP contribution in [0.15, 0.2) is 36.0 Å². The van der Waals surface area contributed by atoms with Crippen LogP contribution in [0.1, 0.15) is 19.4 Å². The molecule has 14 heavy (non-hydrogen) atoms. The molecule has 0 saturated heterocycles. The molecule has 0 N–H and O–H groups in total. The fourth-order valence-electron chi connectivity index (χ4n) is 2.30. The van der Waals surface area contributed by atoms with E-state index in [1.165, 1.54) is 16.9 Å². The summed E-state index contributed by atoms with van der Waals surface area (Å²) in [4.78, 5) is 2.16. The monoisotopic (exact) mass is 185 g/mol. The highest BCUT2D eigenvalue weighted by molar-refractivity contribution is 5.69. The lowest BCUT2D eigenvalue weighted by Gasteiger charge is -2.23. The Hall–Kier alpha value is -1.24. The molecule has 0 saturated carbocycles. The summed E-state index contributed by atoms with van der Waals surface area (Å²) in [5, 5.41) is 0. The topological polar surface area (TPSA) is 3.24 Å². The summed E-state index contributed by atoms with van der Waals surface area (Å²) in [7, 11) is 2.06. The molecular weight excluding hydrogens is 170 g/mol. The van der Waals surface area contributed by atoms with E-state index in [-0.39, 0.29) is 5.41 Å². The minimum absolute atomic E-state index is 0.0279. The second kappa shape index (κ2) is 2.88. The maximum Gasteiger partial charge on any atom is 0.0447 e. The highest BCUT2D eigenvalue weighted by Gasteiger charge is 2.37. The third-order valence-electron chi connectivity index (χ3n) is 3.10. The van der Waals surface area contributed by atoms with Crippen molar-refractivity contribution in [2.75, 3.05) is 11.9 Å². The van der Waals surface area contributed by atoms with Gasteiger partial charge in [-0.05, 0) is 18.6 Å². The smallest absolute Gasteiger partial charge is 0.0447 e. The van der Waals surface area contributed by atoms with Crippen molar-refractivity contribution in [3.63, 3.8) is 0 Å². The number of benzene rings is 1. The van der Waals surface area contributed by atoms with Gasteiger partial charge in [0.15, 0.2) is 0 Å². The van der Waals surface area contributed by atoms with Gasteiger partial charge in [0.1, 0.15) is 0 Å². The van der Waals surface area contributed by atoms with Gasteiger partial charge in [0, 0.05) is 23.8 Å². The second-order valence-corrected chi connectivity index (χ2v) is 4.25. The molecule has 0 aliphatic carbocycles. The molecular formula is C13H15N. The van der Waals surface area contributed by atoms with Crippen molar-refractivity contribution in [2.24, 2.45) is 0 Å². The summed E-state index contributed by atoms with van der Waals surface area (Å²) in [5.41, 5.74) is 3.80. The van der Waals surface area contributed by atoms with Crippen molar-refractivity contribution in [1.29, 1.82) is 0 Å². The van der Waals surface area contributed by atoms with E-state index in [2.05, 4.69) is 50.1 Å². The fourth-order valence-corrected chi connectivity index (χ4v) is 2.30. The first-order valence-electron chi connectivity index (χ1n) is 4.84. The van der Waals surface area contributed by atoms with Crippen LogP contribution >= 0.6 is 0 Å². The van der Waals surface area contributed by atoms with Crippen LogP contribution in [0.2, 0.25) is 0 Å². The summed E-state index contributed by atoms with van der Waals surface area (Å²) in [6, 6.07) is 8.44. The maximum atomic E-state index is 5.68. The van der Waals surface area contributed by atoms with Gasteiger partial charge in [-0.3, -0.25) is 0 Å². The molecule has 0 amide bonds. The van der Waals surface area contributed by atoms with Crippen LogP contribution in [0.4, 0.5) is 5.69 Å². The molecule has 2 radical (unpaired) electrons. The molecule has 1 aliphatic rings. The highest BCUT2D eigenvalue weighted by atomic mass is 15.2. The summed E-state index contributed by atoms with van der Waals surface area (Å²) in [5.74, 6) is 0. The normalized spacial score (nSPS) is 21.4. The lowest BCUT2D eigenvalue weighted by molar-refractivity contribution is 0.640. The van der Waals surface area contributed by atoms with Gasteiger partial charge >= 0.3 is 0 Å². The van der Waals surface area contributed by atoms with Crippen LogP contribution in [0.3, 0.4) is 0 Å². The van der Waals surface area contributed by atoms with Gasteiger partial charge in [0.2, 0.25) is 0 Å². The summed E-state index contributed by atoms with van der Waals surface area (Å²) in [6.45, 7) is 10.1. The minimum atomic E-state index is 0.0279. The molecule has 1 aromatic rings. The Balaban J connectivity index is 2.67. The van der Waals surface area contributed by atoms with Gasteiger partial charge < -0.3 is 4.90 Å². The lowest BCUT2D eigenvalue weighted by Crippen LogP contribution is -2.22. The van der Waals surface area contributed by atoms with Gasteiger partial charge in [-0.25, -0.2) is 0 Å². The molecule has 1 heterocycles. The number of hydrogen-bond acceptors (Lipinski definition) is 1. The molecule has 0 atom stereocenters. The quantitative estimate of drug-likeness (QED) is 0.600. The van der Waals surface area contributed by atoms with Crippen LogP contribution in [0, 0.1) is 6.92 Å². The minimum Gasteiger partial charge on any atom is -0.347 e. The second-order valence-electron chi connectivity index (χ2n) is 4.25. The van der Waals surface area contributed by atoms with E-state index >= 15 is 0 Å². The van der Waals surface area contributed by atoms with Crippen molar-refractivity contribution < 1.29 is 0 Å². The van der Waals surface area contributed by atoms with E-state index in [1.54, 1.807) is 6.08 Å². The van der Waals surface area contributed by atoms with Gasteiger partial charge in [-0.15, -0.1) is 0 Å². The standard InChI is InChI=1S/C13H15N/c1-5-12-13(2,3)10-8-6-7-9-11(10)14(12)4/h1,5-9H,2-4H3. The third-order valence-corrected chi connectivity index (χ3v) is 3.10. The maximum absolute atomic E-state index is 5.68. The zero-order valence-corrected chi connectivity index (χ0v) is 8.91. The predicted molar refractivity (Wildman–Crippen MR) is 60.3 cm³/mol. The number of para-hydroxylation sites is 1. The average Bonchev–Trinajstić information content (AvgIpc) is 2.36.